The predicted octanol–water partition coefficient (Wildman–Crippen LogP) is 5.80. The average Bonchev–Trinajstić information content (AvgIpc) is 2.58. The molecule has 0 saturated carbocycles. The molecule has 1 rings (SSSR count). The van der Waals surface area contributed by atoms with Crippen LogP contribution >= 0.6 is 24.4 Å². The molecule has 0 unspecified atom stereocenters. The van der Waals surface area contributed by atoms with Crippen molar-refractivity contribution in [3.63, 3.8) is 0 Å². The Morgan fingerprint density at radius 1 is 0.880 bits per heavy atom. The molecule has 1 aromatic carbocycles. The van der Waals surface area contributed by atoms with Gasteiger partial charge in [-0.05, 0) is 61.9 Å². The molecule has 0 aliphatic heterocycles. The highest BCUT2D eigenvalue weighted by molar-refractivity contribution is 7.80. The summed E-state index contributed by atoms with van der Waals surface area (Å²) in [5.41, 5.74) is 2.85. The minimum Gasteiger partial charge on any atom is -0.471 e. The predicted molar refractivity (Wildman–Crippen MR) is 115 cm³/mol. The molecule has 0 aromatic heterocycles. The van der Waals surface area contributed by atoms with Crippen molar-refractivity contribution in [3.05, 3.63) is 23.8 Å². The second-order valence-corrected chi connectivity index (χ2v) is 6.71. The van der Waals surface area contributed by atoms with E-state index >= 15 is 0 Å². The number of rotatable bonds is 10. The molecule has 0 saturated heterocycles. The average molecular weight is 383 g/mol. The fraction of sp³-hybridized carbons (Fsp3) is 0.579. The molecule has 0 bridgehead atoms. The van der Waals surface area contributed by atoms with E-state index in [0.717, 1.165) is 55.5 Å². The third-order valence-electron chi connectivity index (χ3n) is 3.68. The summed E-state index contributed by atoms with van der Waals surface area (Å²) in [6.45, 7) is 7.63. The van der Waals surface area contributed by atoms with Crippen LogP contribution in [0.25, 0.3) is 0 Å². The van der Waals surface area contributed by atoms with Gasteiger partial charge in [-0.15, -0.1) is 0 Å². The van der Waals surface area contributed by atoms with E-state index in [1.165, 1.54) is 0 Å². The summed E-state index contributed by atoms with van der Waals surface area (Å²) in [5.74, 6) is 0. The number of nitrogens with one attached hydrogen (secondary N) is 2. The fourth-order valence-corrected chi connectivity index (χ4v) is 2.56. The lowest BCUT2D eigenvalue weighted by Gasteiger charge is -2.14. The van der Waals surface area contributed by atoms with Gasteiger partial charge in [0, 0.05) is 11.4 Å². The van der Waals surface area contributed by atoms with Gasteiger partial charge in [0.25, 0.3) is 10.3 Å². The second kappa shape index (κ2) is 12.9. The van der Waals surface area contributed by atoms with E-state index in [1.54, 1.807) is 0 Å². The van der Waals surface area contributed by atoms with Crippen LogP contribution in [-0.4, -0.2) is 23.6 Å². The summed E-state index contributed by atoms with van der Waals surface area (Å²) in [4.78, 5) is 0. The van der Waals surface area contributed by atoms with E-state index in [-0.39, 0.29) is 0 Å². The van der Waals surface area contributed by atoms with Crippen LogP contribution in [0.4, 0.5) is 11.4 Å². The van der Waals surface area contributed by atoms with Gasteiger partial charge in [0.1, 0.15) is 0 Å². The Kier molecular flexibility index (Phi) is 11.2. The van der Waals surface area contributed by atoms with Crippen LogP contribution in [0, 0.1) is 6.92 Å². The van der Waals surface area contributed by atoms with Crippen LogP contribution in [0.3, 0.4) is 0 Å². The van der Waals surface area contributed by atoms with E-state index in [9.17, 15) is 0 Å². The lowest BCUT2D eigenvalue weighted by atomic mass is 10.2. The molecule has 1 aromatic rings. The number of unbranched alkanes of at least 4 members (excludes halogenated alkanes) is 4. The number of aryl methyl sites for hydroxylation is 1. The quantitative estimate of drug-likeness (QED) is 0.394. The third kappa shape index (κ3) is 9.60. The highest BCUT2D eigenvalue weighted by Crippen LogP contribution is 2.21. The Hall–Kier alpha value is -1.40. The first-order valence-corrected chi connectivity index (χ1v) is 9.86. The number of hydrogen-bond donors (Lipinski definition) is 2. The molecule has 0 aliphatic rings. The third-order valence-corrected chi connectivity index (χ3v) is 4.12. The van der Waals surface area contributed by atoms with Crippen LogP contribution in [0.5, 0.6) is 0 Å². The van der Waals surface area contributed by atoms with Crippen molar-refractivity contribution in [1.82, 2.24) is 0 Å². The van der Waals surface area contributed by atoms with E-state index in [1.807, 2.05) is 25.1 Å². The second-order valence-electron chi connectivity index (χ2n) is 5.97. The molecule has 0 heterocycles. The van der Waals surface area contributed by atoms with Gasteiger partial charge in [-0.1, -0.05) is 45.6 Å². The van der Waals surface area contributed by atoms with Gasteiger partial charge in [-0.3, -0.25) is 0 Å². The molecule has 0 spiro atoms. The van der Waals surface area contributed by atoms with Gasteiger partial charge in [0.15, 0.2) is 0 Å². The number of hydrogen-bond acceptors (Lipinski definition) is 4. The largest absolute Gasteiger partial charge is 0.471 e. The zero-order valence-corrected chi connectivity index (χ0v) is 17.2. The molecule has 2 N–H and O–H groups in total. The maximum absolute atomic E-state index is 5.55. The summed E-state index contributed by atoms with van der Waals surface area (Å²) in [5, 5.41) is 7.04. The maximum atomic E-state index is 5.55. The summed E-state index contributed by atoms with van der Waals surface area (Å²) in [6.07, 6.45) is 6.66. The Morgan fingerprint density at radius 3 is 2.00 bits per heavy atom. The van der Waals surface area contributed by atoms with Crippen LogP contribution in [-0.2, 0) is 9.47 Å². The van der Waals surface area contributed by atoms with Crippen LogP contribution in [0.2, 0.25) is 0 Å². The molecule has 0 atom stereocenters. The van der Waals surface area contributed by atoms with Crippen LogP contribution in [0.15, 0.2) is 18.2 Å². The first-order valence-electron chi connectivity index (χ1n) is 9.05. The summed E-state index contributed by atoms with van der Waals surface area (Å²) < 4.78 is 11.1. The fourth-order valence-electron chi connectivity index (χ4n) is 2.17. The molecule has 25 heavy (non-hydrogen) atoms. The van der Waals surface area contributed by atoms with Crippen molar-refractivity contribution < 1.29 is 9.47 Å². The van der Waals surface area contributed by atoms with Crippen molar-refractivity contribution in [1.29, 1.82) is 0 Å². The topological polar surface area (TPSA) is 42.5 Å². The minimum atomic E-state index is 0.393. The number of anilines is 2. The van der Waals surface area contributed by atoms with Gasteiger partial charge in [0.2, 0.25) is 0 Å². The molecule has 140 valence electrons. The Labute approximate surface area is 162 Å². The van der Waals surface area contributed by atoms with E-state index in [0.29, 0.717) is 23.6 Å². The van der Waals surface area contributed by atoms with Gasteiger partial charge in [0.05, 0.1) is 13.2 Å². The van der Waals surface area contributed by atoms with Crippen molar-refractivity contribution in [3.8, 4) is 0 Å². The van der Waals surface area contributed by atoms with E-state index in [2.05, 4.69) is 24.5 Å². The van der Waals surface area contributed by atoms with Crippen molar-refractivity contribution >= 4 is 46.2 Å². The van der Waals surface area contributed by atoms with E-state index < -0.39 is 0 Å². The zero-order chi connectivity index (χ0) is 18.5. The Balaban J connectivity index is 2.49. The van der Waals surface area contributed by atoms with Crippen LogP contribution in [0.1, 0.15) is 57.9 Å². The summed E-state index contributed by atoms with van der Waals surface area (Å²) in [7, 11) is 0. The Morgan fingerprint density at radius 2 is 1.44 bits per heavy atom. The van der Waals surface area contributed by atoms with E-state index in [4.69, 9.17) is 33.9 Å². The molecular weight excluding hydrogens is 352 g/mol. The molecule has 0 aliphatic carbocycles. The van der Waals surface area contributed by atoms with Gasteiger partial charge in [-0.2, -0.15) is 0 Å². The standard InChI is InChI=1S/C19H30N2O2S2/c1-4-6-8-12-22-18(24)20-16-11-10-15(3)17(14-16)21-19(25)23-13-9-7-5-2/h10-11,14H,4-9,12-13H2,1-3H3,(H,20,24)(H,21,25). The number of benzene rings is 1. The maximum Gasteiger partial charge on any atom is 0.261 e. The van der Waals surface area contributed by atoms with Crippen LogP contribution < -0.4 is 10.6 Å². The van der Waals surface area contributed by atoms with Crippen molar-refractivity contribution in [2.45, 2.75) is 59.3 Å². The highest BCUT2D eigenvalue weighted by Gasteiger charge is 2.06. The normalized spacial score (nSPS) is 10.2. The highest BCUT2D eigenvalue weighted by atomic mass is 32.1. The summed E-state index contributed by atoms with van der Waals surface area (Å²) in [6, 6.07) is 5.93. The summed E-state index contributed by atoms with van der Waals surface area (Å²) >= 11 is 10.5. The van der Waals surface area contributed by atoms with Crippen molar-refractivity contribution in [2.75, 3.05) is 23.8 Å². The molecule has 4 nitrogen and oxygen atoms in total. The zero-order valence-electron chi connectivity index (χ0n) is 15.5. The van der Waals surface area contributed by atoms with Gasteiger partial charge >= 0.3 is 0 Å². The molecule has 0 fully saturated rings. The molecular formula is C19H30N2O2S2. The lowest BCUT2D eigenvalue weighted by Crippen LogP contribution is -2.16. The van der Waals surface area contributed by atoms with Gasteiger partial charge < -0.3 is 20.1 Å². The number of ether oxygens (including phenoxy) is 2. The monoisotopic (exact) mass is 382 g/mol. The lowest BCUT2D eigenvalue weighted by molar-refractivity contribution is 0.300. The smallest absolute Gasteiger partial charge is 0.261 e. The molecule has 0 amide bonds. The van der Waals surface area contributed by atoms with Crippen molar-refractivity contribution in [2.24, 2.45) is 0 Å². The minimum absolute atomic E-state index is 0.393. The number of thiocarbonyl (C=S) groups is 2. The molecule has 0 radical (unpaired) electrons. The first kappa shape index (κ1) is 21.6. The first-order chi connectivity index (χ1) is 12.1. The van der Waals surface area contributed by atoms with Gasteiger partial charge in [-0.25, -0.2) is 0 Å². The molecule has 6 heteroatoms. The Bertz CT molecular complexity index is 550. The SMILES string of the molecule is CCCCCOC(=S)Nc1ccc(C)c(NC(=S)OCCCCC)c1.